The van der Waals surface area contributed by atoms with Crippen molar-refractivity contribution in [3.63, 3.8) is 0 Å². The topological polar surface area (TPSA) is 29.5 Å². The van der Waals surface area contributed by atoms with Crippen molar-refractivity contribution in [2.75, 3.05) is 4.90 Å². The van der Waals surface area contributed by atoms with E-state index < -0.39 is 11.7 Å². The van der Waals surface area contributed by atoms with Crippen LogP contribution in [-0.2, 0) is 4.74 Å². The van der Waals surface area contributed by atoms with Gasteiger partial charge in [-0.2, -0.15) is 0 Å². The Balaban J connectivity index is 2.42. The number of halogens is 2. The van der Waals surface area contributed by atoms with Crippen molar-refractivity contribution < 1.29 is 9.53 Å². The molecule has 5 heteroatoms. The average Bonchev–Trinajstić information content (AvgIpc) is 2.41. The second-order valence-electron chi connectivity index (χ2n) is 5.77. The molecular weight excluding hydrogens is 410 g/mol. The summed E-state index contributed by atoms with van der Waals surface area (Å²) in [7, 11) is 0. The maximum Gasteiger partial charge on any atom is 0.419 e. The van der Waals surface area contributed by atoms with E-state index in [4.69, 9.17) is 4.74 Å². The lowest BCUT2D eigenvalue weighted by atomic mass is 10.2. The molecule has 22 heavy (non-hydrogen) atoms. The molecule has 116 valence electrons. The van der Waals surface area contributed by atoms with Crippen LogP contribution in [-0.4, -0.2) is 11.7 Å². The third-order valence-electron chi connectivity index (χ3n) is 2.75. The number of rotatable bonds is 2. The Morgan fingerprint density at radius 2 is 1.23 bits per heavy atom. The molecule has 0 aromatic heterocycles. The number of amides is 1. The van der Waals surface area contributed by atoms with Crippen LogP contribution in [0.2, 0.25) is 0 Å². The first-order valence-electron chi connectivity index (χ1n) is 6.80. The lowest BCUT2D eigenvalue weighted by Gasteiger charge is -2.27. The quantitative estimate of drug-likeness (QED) is 0.565. The van der Waals surface area contributed by atoms with Gasteiger partial charge < -0.3 is 4.74 Å². The Bertz CT molecular complexity index is 600. The minimum absolute atomic E-state index is 0.405. The zero-order chi connectivity index (χ0) is 16.3. The summed E-state index contributed by atoms with van der Waals surface area (Å²) in [5.74, 6) is 0. The molecule has 0 fully saturated rings. The molecule has 0 saturated carbocycles. The van der Waals surface area contributed by atoms with E-state index in [-0.39, 0.29) is 0 Å². The molecule has 0 saturated heterocycles. The van der Waals surface area contributed by atoms with Crippen molar-refractivity contribution in [3.05, 3.63) is 57.5 Å². The van der Waals surface area contributed by atoms with E-state index in [1.54, 1.807) is 4.90 Å². The van der Waals surface area contributed by atoms with Gasteiger partial charge in [-0.05, 0) is 69.3 Å². The monoisotopic (exact) mass is 425 g/mol. The van der Waals surface area contributed by atoms with Crippen molar-refractivity contribution in [1.82, 2.24) is 0 Å². The summed E-state index contributed by atoms with van der Waals surface area (Å²) in [6.45, 7) is 5.56. The molecule has 0 aliphatic heterocycles. The number of hydrogen-bond acceptors (Lipinski definition) is 2. The molecule has 0 unspecified atom stereocenters. The third kappa shape index (κ3) is 4.58. The van der Waals surface area contributed by atoms with E-state index in [2.05, 4.69) is 31.9 Å². The van der Waals surface area contributed by atoms with Gasteiger partial charge in [-0.25, -0.2) is 9.69 Å². The minimum Gasteiger partial charge on any atom is -0.443 e. The third-order valence-corrected chi connectivity index (χ3v) is 3.80. The molecule has 0 spiro atoms. The van der Waals surface area contributed by atoms with Gasteiger partial charge in [0.05, 0.1) is 11.4 Å². The normalized spacial score (nSPS) is 11.1. The van der Waals surface area contributed by atoms with Gasteiger partial charge in [0.1, 0.15) is 5.60 Å². The van der Waals surface area contributed by atoms with Gasteiger partial charge >= 0.3 is 6.09 Å². The average molecular weight is 427 g/mol. The van der Waals surface area contributed by atoms with Crippen LogP contribution in [0, 0.1) is 0 Å². The molecule has 2 aromatic carbocycles. The summed E-state index contributed by atoms with van der Waals surface area (Å²) in [6, 6.07) is 15.1. The summed E-state index contributed by atoms with van der Waals surface area (Å²) < 4.78 is 7.44. The predicted octanol–water partition coefficient (Wildman–Crippen LogP) is 6.28. The summed E-state index contributed by atoms with van der Waals surface area (Å²) in [5.41, 5.74) is 0.944. The zero-order valence-corrected chi connectivity index (χ0v) is 15.8. The van der Waals surface area contributed by atoms with Crippen LogP contribution in [0.5, 0.6) is 0 Å². The molecule has 0 heterocycles. The van der Waals surface area contributed by atoms with Gasteiger partial charge in [0.2, 0.25) is 0 Å². The Hall–Kier alpha value is -1.33. The van der Waals surface area contributed by atoms with Crippen LogP contribution in [0.15, 0.2) is 57.5 Å². The van der Waals surface area contributed by atoms with Crippen molar-refractivity contribution in [3.8, 4) is 0 Å². The first-order chi connectivity index (χ1) is 10.3. The molecule has 2 aromatic rings. The van der Waals surface area contributed by atoms with E-state index >= 15 is 0 Å². The first kappa shape index (κ1) is 17.0. The standard InChI is InChI=1S/C17H17Br2NO2/c1-17(2,3)22-16(21)20(14-8-4-12(18)5-9-14)15-10-6-13(19)7-11-15/h4-11H,1-3H3. The number of benzene rings is 2. The Morgan fingerprint density at radius 3 is 1.55 bits per heavy atom. The fourth-order valence-electron chi connectivity index (χ4n) is 1.85. The summed E-state index contributed by atoms with van der Waals surface area (Å²) >= 11 is 6.81. The van der Waals surface area contributed by atoms with Crippen molar-refractivity contribution in [2.45, 2.75) is 26.4 Å². The zero-order valence-electron chi connectivity index (χ0n) is 12.6. The van der Waals surface area contributed by atoms with E-state index in [9.17, 15) is 4.79 Å². The maximum atomic E-state index is 12.6. The molecule has 0 radical (unpaired) electrons. The molecular formula is C17H17Br2NO2. The predicted molar refractivity (Wildman–Crippen MR) is 96.7 cm³/mol. The number of carbonyl (C=O) groups is 1. The number of anilines is 2. The highest BCUT2D eigenvalue weighted by molar-refractivity contribution is 9.10. The van der Waals surface area contributed by atoms with Crippen molar-refractivity contribution in [1.29, 1.82) is 0 Å². The van der Waals surface area contributed by atoms with E-state index in [1.165, 1.54) is 0 Å². The molecule has 3 nitrogen and oxygen atoms in total. The van der Waals surface area contributed by atoms with Gasteiger partial charge in [0.25, 0.3) is 0 Å². The number of nitrogens with zero attached hydrogens (tertiary/aromatic N) is 1. The van der Waals surface area contributed by atoms with Gasteiger partial charge in [-0.3, -0.25) is 0 Å². The smallest absolute Gasteiger partial charge is 0.419 e. The number of ether oxygens (including phenoxy) is 1. The molecule has 1 amide bonds. The van der Waals surface area contributed by atoms with Gasteiger partial charge in [0, 0.05) is 8.95 Å². The van der Waals surface area contributed by atoms with Crippen LogP contribution in [0.3, 0.4) is 0 Å². The highest BCUT2D eigenvalue weighted by Gasteiger charge is 2.24. The minimum atomic E-state index is -0.555. The Kier molecular flexibility index (Phi) is 5.29. The molecule has 0 N–H and O–H groups in total. The summed E-state index contributed by atoms with van der Waals surface area (Å²) in [6.07, 6.45) is -0.405. The van der Waals surface area contributed by atoms with Gasteiger partial charge in [-0.15, -0.1) is 0 Å². The molecule has 0 aliphatic carbocycles. The molecule has 0 atom stereocenters. The first-order valence-corrected chi connectivity index (χ1v) is 8.39. The second-order valence-corrected chi connectivity index (χ2v) is 7.60. The largest absolute Gasteiger partial charge is 0.443 e. The number of carbonyl (C=O) groups excluding carboxylic acids is 1. The van der Waals surface area contributed by atoms with E-state index in [0.29, 0.717) is 0 Å². The van der Waals surface area contributed by atoms with Crippen molar-refractivity contribution >= 4 is 49.3 Å². The van der Waals surface area contributed by atoms with E-state index in [1.807, 2.05) is 69.3 Å². The van der Waals surface area contributed by atoms with Crippen molar-refractivity contribution in [2.24, 2.45) is 0 Å². The van der Waals surface area contributed by atoms with Crippen LogP contribution in [0.1, 0.15) is 20.8 Å². The Morgan fingerprint density at radius 1 is 0.864 bits per heavy atom. The van der Waals surface area contributed by atoms with Gasteiger partial charge in [0.15, 0.2) is 0 Å². The van der Waals surface area contributed by atoms with Crippen LogP contribution >= 0.6 is 31.9 Å². The highest BCUT2D eigenvalue weighted by atomic mass is 79.9. The molecule has 2 rings (SSSR count). The van der Waals surface area contributed by atoms with E-state index in [0.717, 1.165) is 20.3 Å². The maximum absolute atomic E-state index is 12.6. The van der Waals surface area contributed by atoms with Crippen LogP contribution in [0.4, 0.5) is 16.2 Å². The summed E-state index contributed by atoms with van der Waals surface area (Å²) in [4.78, 5) is 14.2. The lowest BCUT2D eigenvalue weighted by molar-refractivity contribution is 0.0599. The SMILES string of the molecule is CC(C)(C)OC(=O)N(c1ccc(Br)cc1)c1ccc(Br)cc1. The molecule has 0 aliphatic rings. The lowest BCUT2D eigenvalue weighted by Crippen LogP contribution is -2.33. The Labute approximate surface area is 147 Å². The van der Waals surface area contributed by atoms with Gasteiger partial charge in [-0.1, -0.05) is 31.9 Å². The fraction of sp³-hybridized carbons (Fsp3) is 0.235. The number of hydrogen-bond donors (Lipinski definition) is 0. The second kappa shape index (κ2) is 6.84. The van der Waals surface area contributed by atoms with Crippen LogP contribution < -0.4 is 4.90 Å². The highest BCUT2D eigenvalue weighted by Crippen LogP contribution is 2.29. The fourth-order valence-corrected chi connectivity index (χ4v) is 2.38. The summed E-state index contributed by atoms with van der Waals surface area (Å²) in [5, 5.41) is 0. The van der Waals surface area contributed by atoms with Crippen LogP contribution in [0.25, 0.3) is 0 Å². The molecule has 0 bridgehead atoms.